The van der Waals surface area contributed by atoms with Crippen LogP contribution in [0.1, 0.15) is 19.8 Å². The second-order valence-electron chi connectivity index (χ2n) is 2.97. The molecule has 0 heterocycles. The Labute approximate surface area is 82.2 Å². The lowest BCUT2D eigenvalue weighted by atomic mass is 10.2. The molecule has 1 amide bonds. The van der Waals surface area contributed by atoms with Crippen molar-refractivity contribution < 1.29 is 15.0 Å². The molecule has 0 radical (unpaired) electrons. The summed E-state index contributed by atoms with van der Waals surface area (Å²) in [6.45, 7) is 1.89. The second-order valence-corrected chi connectivity index (χ2v) is 2.97. The van der Waals surface area contributed by atoms with E-state index in [-0.39, 0.29) is 23.1 Å². The Balaban J connectivity index is 2.76. The number of hydrogen-bond acceptors (Lipinski definition) is 3. The molecule has 14 heavy (non-hydrogen) atoms. The number of benzene rings is 1. The molecule has 0 aromatic heterocycles. The number of aromatic hydroxyl groups is 2. The summed E-state index contributed by atoms with van der Waals surface area (Å²) in [5, 5.41) is 21.0. The van der Waals surface area contributed by atoms with Crippen LogP contribution < -0.4 is 5.32 Å². The van der Waals surface area contributed by atoms with Crippen LogP contribution in [-0.2, 0) is 4.79 Å². The number of para-hydroxylation sites is 1. The van der Waals surface area contributed by atoms with Crippen LogP contribution in [0.2, 0.25) is 0 Å². The standard InChI is InChI=1S/C10H13NO3/c1-2-4-9(13)11-7-5-3-6-8(12)10(7)14/h3,5-6,12,14H,2,4H2,1H3,(H,11,13). The van der Waals surface area contributed by atoms with Crippen LogP contribution in [0.3, 0.4) is 0 Å². The molecule has 1 aromatic rings. The number of carbonyl (C=O) groups is 1. The predicted molar refractivity (Wildman–Crippen MR) is 53.3 cm³/mol. The minimum atomic E-state index is -0.294. The van der Waals surface area contributed by atoms with Gasteiger partial charge >= 0.3 is 0 Å². The quantitative estimate of drug-likeness (QED) is 0.644. The van der Waals surface area contributed by atoms with Crippen LogP contribution in [0.5, 0.6) is 11.5 Å². The minimum Gasteiger partial charge on any atom is -0.504 e. The number of rotatable bonds is 3. The van der Waals surface area contributed by atoms with Gasteiger partial charge in [-0.1, -0.05) is 13.0 Å². The molecule has 0 aliphatic rings. The van der Waals surface area contributed by atoms with Crippen LogP contribution in [0.4, 0.5) is 5.69 Å². The van der Waals surface area contributed by atoms with Crippen molar-refractivity contribution in [2.24, 2.45) is 0 Å². The van der Waals surface area contributed by atoms with Gasteiger partial charge in [0.25, 0.3) is 0 Å². The van der Waals surface area contributed by atoms with Gasteiger partial charge in [0.05, 0.1) is 5.69 Å². The van der Waals surface area contributed by atoms with Crippen molar-refractivity contribution in [2.45, 2.75) is 19.8 Å². The van der Waals surface area contributed by atoms with E-state index in [9.17, 15) is 9.90 Å². The molecule has 76 valence electrons. The van der Waals surface area contributed by atoms with E-state index < -0.39 is 0 Å². The summed E-state index contributed by atoms with van der Waals surface area (Å²) in [7, 11) is 0. The number of nitrogens with one attached hydrogen (secondary N) is 1. The minimum absolute atomic E-state index is 0.173. The van der Waals surface area contributed by atoms with Gasteiger partial charge in [-0.3, -0.25) is 4.79 Å². The van der Waals surface area contributed by atoms with Gasteiger partial charge in [0, 0.05) is 6.42 Å². The molecule has 0 bridgehead atoms. The molecule has 0 aliphatic carbocycles. The highest BCUT2D eigenvalue weighted by Crippen LogP contribution is 2.32. The Hall–Kier alpha value is -1.71. The Kier molecular flexibility index (Phi) is 3.34. The first-order chi connectivity index (χ1) is 6.65. The summed E-state index contributed by atoms with van der Waals surface area (Å²) in [5.74, 6) is -0.704. The lowest BCUT2D eigenvalue weighted by Crippen LogP contribution is -2.10. The summed E-state index contributed by atoms with van der Waals surface area (Å²) in [4.78, 5) is 11.2. The molecular formula is C10H13NO3. The molecule has 0 aliphatic heterocycles. The van der Waals surface area contributed by atoms with Gasteiger partial charge in [-0.2, -0.15) is 0 Å². The maximum absolute atomic E-state index is 11.2. The monoisotopic (exact) mass is 195 g/mol. The highest BCUT2D eigenvalue weighted by molar-refractivity contribution is 5.92. The van der Waals surface area contributed by atoms with E-state index in [1.54, 1.807) is 6.07 Å². The average molecular weight is 195 g/mol. The number of hydrogen-bond donors (Lipinski definition) is 3. The van der Waals surface area contributed by atoms with Crippen LogP contribution in [0.15, 0.2) is 18.2 Å². The topological polar surface area (TPSA) is 69.6 Å². The zero-order chi connectivity index (χ0) is 10.6. The number of phenols is 2. The molecule has 3 N–H and O–H groups in total. The summed E-state index contributed by atoms with van der Waals surface area (Å²) in [5.41, 5.74) is 0.239. The lowest BCUT2D eigenvalue weighted by Gasteiger charge is -2.07. The van der Waals surface area contributed by atoms with Crippen molar-refractivity contribution in [3.05, 3.63) is 18.2 Å². The first-order valence-corrected chi connectivity index (χ1v) is 4.46. The van der Waals surface area contributed by atoms with E-state index in [1.807, 2.05) is 6.92 Å². The highest BCUT2D eigenvalue weighted by atomic mass is 16.3. The zero-order valence-electron chi connectivity index (χ0n) is 7.95. The van der Waals surface area contributed by atoms with E-state index in [1.165, 1.54) is 12.1 Å². The van der Waals surface area contributed by atoms with Gasteiger partial charge in [0.2, 0.25) is 5.91 Å². The number of anilines is 1. The van der Waals surface area contributed by atoms with E-state index >= 15 is 0 Å². The first-order valence-electron chi connectivity index (χ1n) is 4.46. The van der Waals surface area contributed by atoms with Crippen LogP contribution >= 0.6 is 0 Å². The molecule has 0 saturated carbocycles. The highest BCUT2D eigenvalue weighted by Gasteiger charge is 2.07. The van der Waals surface area contributed by atoms with Crippen molar-refractivity contribution in [3.8, 4) is 11.5 Å². The van der Waals surface area contributed by atoms with Gasteiger partial charge in [-0.25, -0.2) is 0 Å². The molecule has 0 spiro atoms. The van der Waals surface area contributed by atoms with Gasteiger partial charge in [-0.05, 0) is 18.6 Å². The molecule has 0 unspecified atom stereocenters. The van der Waals surface area contributed by atoms with Crippen LogP contribution in [-0.4, -0.2) is 16.1 Å². The SMILES string of the molecule is CCCC(=O)Nc1cccc(O)c1O. The largest absolute Gasteiger partial charge is 0.504 e. The van der Waals surface area contributed by atoms with Crippen molar-refractivity contribution >= 4 is 11.6 Å². The summed E-state index contributed by atoms with van der Waals surface area (Å²) in [6, 6.07) is 4.43. The summed E-state index contributed by atoms with van der Waals surface area (Å²) >= 11 is 0. The van der Waals surface area contributed by atoms with Crippen molar-refractivity contribution in [2.75, 3.05) is 5.32 Å². The number of phenolic OH excluding ortho intramolecular Hbond substituents is 2. The average Bonchev–Trinajstić information content (AvgIpc) is 2.13. The summed E-state index contributed by atoms with van der Waals surface area (Å²) < 4.78 is 0. The van der Waals surface area contributed by atoms with E-state index in [2.05, 4.69) is 5.32 Å². The van der Waals surface area contributed by atoms with Gasteiger partial charge in [0.15, 0.2) is 11.5 Å². The maximum atomic E-state index is 11.2. The zero-order valence-corrected chi connectivity index (χ0v) is 7.95. The van der Waals surface area contributed by atoms with Crippen molar-refractivity contribution in [3.63, 3.8) is 0 Å². The fourth-order valence-electron chi connectivity index (χ4n) is 1.07. The first kappa shape index (κ1) is 10.4. The Morgan fingerprint density at radius 2 is 2.14 bits per heavy atom. The van der Waals surface area contributed by atoms with Crippen LogP contribution in [0.25, 0.3) is 0 Å². The molecule has 0 fully saturated rings. The van der Waals surface area contributed by atoms with Crippen LogP contribution in [0, 0.1) is 0 Å². The molecule has 4 nitrogen and oxygen atoms in total. The lowest BCUT2D eigenvalue weighted by molar-refractivity contribution is -0.116. The third-order valence-corrected chi connectivity index (χ3v) is 1.77. The van der Waals surface area contributed by atoms with Gasteiger partial charge in [-0.15, -0.1) is 0 Å². The molecule has 0 atom stereocenters. The predicted octanol–water partition coefficient (Wildman–Crippen LogP) is 1.84. The molecule has 1 aromatic carbocycles. The molecular weight excluding hydrogens is 182 g/mol. The third-order valence-electron chi connectivity index (χ3n) is 1.77. The van der Waals surface area contributed by atoms with Crippen molar-refractivity contribution in [1.29, 1.82) is 0 Å². The normalized spacial score (nSPS) is 9.79. The summed E-state index contributed by atoms with van der Waals surface area (Å²) in [6.07, 6.45) is 1.14. The second kappa shape index (κ2) is 4.50. The van der Waals surface area contributed by atoms with E-state index in [4.69, 9.17) is 5.11 Å². The van der Waals surface area contributed by atoms with Crippen molar-refractivity contribution in [1.82, 2.24) is 0 Å². The van der Waals surface area contributed by atoms with Gasteiger partial charge in [0.1, 0.15) is 0 Å². The molecule has 4 heteroatoms. The molecule has 0 saturated heterocycles. The fraction of sp³-hybridized carbons (Fsp3) is 0.300. The van der Waals surface area contributed by atoms with E-state index in [0.29, 0.717) is 6.42 Å². The smallest absolute Gasteiger partial charge is 0.224 e. The van der Waals surface area contributed by atoms with E-state index in [0.717, 1.165) is 6.42 Å². The maximum Gasteiger partial charge on any atom is 0.224 e. The van der Waals surface area contributed by atoms with Gasteiger partial charge < -0.3 is 15.5 Å². The Morgan fingerprint density at radius 1 is 1.43 bits per heavy atom. The Bertz CT molecular complexity index is 336. The third kappa shape index (κ3) is 2.39. The Morgan fingerprint density at radius 3 is 2.79 bits per heavy atom. The molecule has 1 rings (SSSR count). The number of carbonyl (C=O) groups excluding carboxylic acids is 1. The fourth-order valence-corrected chi connectivity index (χ4v) is 1.07. The number of amides is 1.